The molecule has 0 bridgehead atoms. The molecular weight excluding hydrogens is 304 g/mol. The Hall–Kier alpha value is -2.61. The molecule has 23 heavy (non-hydrogen) atoms. The molecule has 8 nitrogen and oxygen atoms in total. The molecule has 0 aliphatic carbocycles. The fraction of sp³-hybridized carbons (Fsp3) is 0.400. The van der Waals surface area contributed by atoms with Gasteiger partial charge in [0.2, 0.25) is 5.91 Å². The molecule has 1 aromatic rings. The molecule has 3 N–H and O–H groups in total. The Morgan fingerprint density at radius 1 is 1.30 bits per heavy atom. The van der Waals surface area contributed by atoms with Gasteiger partial charge in [0.25, 0.3) is 5.91 Å². The standard InChI is InChI=1S/C15H18N2O6/c16-13(18)7-10-1-3-11(4-2-10)23-9-14(19)17-5-6-22-8-12(17)15(20)21/h1-4,12H,5-9H2,(H2,16,18)(H,20,21)/t12-/m0/s1. The number of benzene rings is 1. The highest BCUT2D eigenvalue weighted by Gasteiger charge is 2.32. The Kier molecular flexibility index (Phi) is 5.53. The predicted octanol–water partition coefficient (Wildman–Crippen LogP) is -0.595. The van der Waals surface area contributed by atoms with Crippen LogP contribution in [-0.2, 0) is 25.5 Å². The molecular formula is C15H18N2O6. The fourth-order valence-electron chi connectivity index (χ4n) is 2.24. The average molecular weight is 322 g/mol. The number of hydrogen-bond acceptors (Lipinski definition) is 5. The van der Waals surface area contributed by atoms with Gasteiger partial charge in [0.15, 0.2) is 12.6 Å². The van der Waals surface area contributed by atoms with Crippen LogP contribution in [0.5, 0.6) is 5.75 Å². The molecule has 0 radical (unpaired) electrons. The zero-order valence-corrected chi connectivity index (χ0v) is 12.4. The monoisotopic (exact) mass is 322 g/mol. The van der Waals surface area contributed by atoms with E-state index in [1.807, 2.05) is 0 Å². The van der Waals surface area contributed by atoms with E-state index in [-0.39, 0.29) is 26.2 Å². The number of carbonyl (C=O) groups excluding carboxylic acids is 2. The first-order chi connectivity index (χ1) is 11.0. The molecule has 0 aromatic heterocycles. The molecule has 1 aliphatic heterocycles. The summed E-state index contributed by atoms with van der Waals surface area (Å²) in [5, 5.41) is 9.09. The quantitative estimate of drug-likeness (QED) is 0.722. The van der Waals surface area contributed by atoms with Crippen molar-refractivity contribution in [3.05, 3.63) is 29.8 Å². The Morgan fingerprint density at radius 2 is 2.00 bits per heavy atom. The van der Waals surface area contributed by atoms with Crippen LogP contribution in [0.25, 0.3) is 0 Å². The van der Waals surface area contributed by atoms with Crippen molar-refractivity contribution in [1.82, 2.24) is 4.90 Å². The van der Waals surface area contributed by atoms with Gasteiger partial charge >= 0.3 is 5.97 Å². The van der Waals surface area contributed by atoms with Gasteiger partial charge in [-0.25, -0.2) is 4.79 Å². The number of hydrogen-bond donors (Lipinski definition) is 2. The Labute approximate surface area is 132 Å². The second kappa shape index (κ2) is 7.59. The summed E-state index contributed by atoms with van der Waals surface area (Å²) >= 11 is 0. The normalized spacial score (nSPS) is 17.6. The van der Waals surface area contributed by atoms with Crippen molar-refractivity contribution in [1.29, 1.82) is 0 Å². The van der Waals surface area contributed by atoms with Gasteiger partial charge < -0.3 is 25.2 Å². The number of amides is 2. The smallest absolute Gasteiger partial charge is 0.328 e. The summed E-state index contributed by atoms with van der Waals surface area (Å²) in [5.41, 5.74) is 5.85. The van der Waals surface area contributed by atoms with Crippen LogP contribution in [0.3, 0.4) is 0 Å². The van der Waals surface area contributed by atoms with E-state index in [0.29, 0.717) is 12.4 Å². The molecule has 1 aliphatic rings. The van der Waals surface area contributed by atoms with Gasteiger partial charge in [-0.2, -0.15) is 0 Å². The van der Waals surface area contributed by atoms with Gasteiger partial charge in [-0.15, -0.1) is 0 Å². The van der Waals surface area contributed by atoms with Crippen LogP contribution in [0.4, 0.5) is 0 Å². The second-order valence-corrected chi connectivity index (χ2v) is 5.09. The van der Waals surface area contributed by atoms with Crippen LogP contribution >= 0.6 is 0 Å². The number of primary amides is 1. The lowest BCUT2D eigenvalue weighted by atomic mass is 10.1. The Morgan fingerprint density at radius 3 is 2.61 bits per heavy atom. The van der Waals surface area contributed by atoms with Crippen molar-refractivity contribution in [3.8, 4) is 5.75 Å². The molecule has 1 aromatic carbocycles. The third-order valence-electron chi connectivity index (χ3n) is 3.40. The zero-order chi connectivity index (χ0) is 16.8. The third kappa shape index (κ3) is 4.68. The molecule has 0 spiro atoms. The van der Waals surface area contributed by atoms with E-state index in [9.17, 15) is 14.4 Å². The number of carboxylic acid groups (broad SMARTS) is 1. The van der Waals surface area contributed by atoms with E-state index >= 15 is 0 Å². The first-order valence-corrected chi connectivity index (χ1v) is 7.07. The van der Waals surface area contributed by atoms with Crippen LogP contribution in [0.1, 0.15) is 5.56 Å². The summed E-state index contributed by atoms with van der Waals surface area (Å²) in [7, 11) is 0. The van der Waals surface area contributed by atoms with Crippen LogP contribution in [0.15, 0.2) is 24.3 Å². The van der Waals surface area contributed by atoms with Crippen LogP contribution in [0.2, 0.25) is 0 Å². The number of carbonyl (C=O) groups is 3. The van der Waals surface area contributed by atoms with Crippen LogP contribution < -0.4 is 10.5 Å². The summed E-state index contributed by atoms with van der Waals surface area (Å²) in [6.45, 7) is 0.232. The first kappa shape index (κ1) is 16.8. The molecule has 0 saturated carbocycles. The number of aliphatic carboxylic acids is 1. The Balaban J connectivity index is 1.90. The highest BCUT2D eigenvalue weighted by Crippen LogP contribution is 2.14. The maximum absolute atomic E-state index is 12.1. The van der Waals surface area contributed by atoms with Crippen LogP contribution in [-0.4, -0.2) is 60.2 Å². The SMILES string of the molecule is NC(=O)Cc1ccc(OCC(=O)N2CCOC[C@H]2C(=O)O)cc1. The Bertz CT molecular complexity index is 586. The molecule has 8 heteroatoms. The average Bonchev–Trinajstić information content (AvgIpc) is 2.53. The number of rotatable bonds is 6. The number of morpholine rings is 1. The van der Waals surface area contributed by atoms with Gasteiger partial charge in [-0.1, -0.05) is 12.1 Å². The van der Waals surface area contributed by atoms with Gasteiger partial charge in [-0.05, 0) is 17.7 Å². The molecule has 124 valence electrons. The minimum atomic E-state index is -1.10. The molecule has 1 saturated heterocycles. The molecule has 1 fully saturated rings. The van der Waals surface area contributed by atoms with Gasteiger partial charge in [-0.3, -0.25) is 9.59 Å². The van der Waals surface area contributed by atoms with E-state index in [4.69, 9.17) is 20.3 Å². The number of carboxylic acids is 1. The maximum atomic E-state index is 12.1. The summed E-state index contributed by atoms with van der Waals surface area (Å²) in [6.07, 6.45) is 0.132. The highest BCUT2D eigenvalue weighted by atomic mass is 16.5. The first-order valence-electron chi connectivity index (χ1n) is 7.07. The van der Waals surface area contributed by atoms with Gasteiger partial charge in [0, 0.05) is 6.54 Å². The second-order valence-electron chi connectivity index (χ2n) is 5.09. The highest BCUT2D eigenvalue weighted by molar-refractivity contribution is 5.84. The number of ether oxygens (including phenoxy) is 2. The number of nitrogens with two attached hydrogens (primary N) is 1. The number of nitrogens with zero attached hydrogens (tertiary/aromatic N) is 1. The lowest BCUT2D eigenvalue weighted by molar-refractivity contribution is -0.159. The van der Waals surface area contributed by atoms with Crippen molar-refractivity contribution >= 4 is 17.8 Å². The minimum Gasteiger partial charge on any atom is -0.484 e. The summed E-state index contributed by atoms with van der Waals surface area (Å²) < 4.78 is 10.4. The largest absolute Gasteiger partial charge is 0.484 e. The zero-order valence-electron chi connectivity index (χ0n) is 12.4. The van der Waals surface area contributed by atoms with Gasteiger partial charge in [0.05, 0.1) is 19.6 Å². The summed E-state index contributed by atoms with van der Waals surface area (Å²) in [6, 6.07) is 5.62. The van der Waals surface area contributed by atoms with Gasteiger partial charge in [0.1, 0.15) is 5.75 Å². The molecule has 2 amide bonds. The van der Waals surface area contributed by atoms with Crippen molar-refractivity contribution in [3.63, 3.8) is 0 Å². The van der Waals surface area contributed by atoms with Crippen molar-refractivity contribution in [2.24, 2.45) is 5.73 Å². The summed E-state index contributed by atoms with van der Waals surface area (Å²) in [5.74, 6) is -1.50. The molecule has 2 rings (SSSR count). The van der Waals surface area contributed by atoms with Crippen molar-refractivity contribution in [2.75, 3.05) is 26.4 Å². The van der Waals surface area contributed by atoms with E-state index in [2.05, 4.69) is 0 Å². The minimum absolute atomic E-state index is 0.0249. The van der Waals surface area contributed by atoms with Crippen LogP contribution in [0, 0.1) is 0 Å². The van der Waals surface area contributed by atoms with Crippen molar-refractivity contribution < 1.29 is 29.0 Å². The predicted molar refractivity (Wildman–Crippen MR) is 78.8 cm³/mol. The third-order valence-corrected chi connectivity index (χ3v) is 3.40. The topological polar surface area (TPSA) is 119 Å². The van der Waals surface area contributed by atoms with Crippen molar-refractivity contribution in [2.45, 2.75) is 12.5 Å². The van der Waals surface area contributed by atoms with E-state index in [1.54, 1.807) is 24.3 Å². The fourth-order valence-corrected chi connectivity index (χ4v) is 2.24. The lowest BCUT2D eigenvalue weighted by Crippen LogP contribution is -2.53. The maximum Gasteiger partial charge on any atom is 0.328 e. The summed E-state index contributed by atoms with van der Waals surface area (Å²) in [4.78, 5) is 35.3. The molecule has 1 atom stereocenters. The molecule has 0 unspecified atom stereocenters. The van der Waals surface area contributed by atoms with E-state index < -0.39 is 23.8 Å². The van der Waals surface area contributed by atoms with E-state index in [1.165, 1.54) is 4.90 Å². The van der Waals surface area contributed by atoms with E-state index in [0.717, 1.165) is 5.56 Å². The lowest BCUT2D eigenvalue weighted by Gasteiger charge is -2.32. The molecule has 1 heterocycles.